The smallest absolute Gasteiger partial charge is 0.180 e. The van der Waals surface area contributed by atoms with Crippen LogP contribution < -0.4 is 0 Å². The van der Waals surface area contributed by atoms with Gasteiger partial charge in [0, 0.05) is 6.42 Å². The average Bonchev–Trinajstić information content (AvgIpc) is 2.30. The van der Waals surface area contributed by atoms with Crippen LogP contribution in [0.2, 0.25) is 0 Å². The Balaban J connectivity index is 0.000000791. The number of nitrogens with zero attached hydrogens (tertiary/aromatic N) is 1. The minimum Gasteiger partial charge on any atom is -0.296 e. The zero-order chi connectivity index (χ0) is 11.0. The average molecular weight is 193 g/mol. The molecule has 0 aliphatic heterocycles. The zero-order valence-electron chi connectivity index (χ0n) is 8.78. The SMILES string of the molecule is CC.CCC(=O)c1cccc(C=O)n1. The van der Waals surface area contributed by atoms with E-state index in [0.29, 0.717) is 24.1 Å². The standard InChI is InChI=1S/C9H9NO2.C2H6/c1-2-9(12)8-5-3-4-7(6-11)10-8;1-2/h3-6H,2H2,1H3;1-2H3. The minimum atomic E-state index is -0.0429. The van der Waals surface area contributed by atoms with Crippen LogP contribution in [-0.2, 0) is 0 Å². The molecule has 0 aromatic carbocycles. The number of aromatic nitrogens is 1. The lowest BCUT2D eigenvalue weighted by molar-refractivity contribution is 0.0983. The number of aldehydes is 1. The van der Waals surface area contributed by atoms with Crippen LogP contribution in [0.4, 0.5) is 0 Å². The molecule has 1 aromatic heterocycles. The summed E-state index contributed by atoms with van der Waals surface area (Å²) in [7, 11) is 0. The van der Waals surface area contributed by atoms with E-state index in [-0.39, 0.29) is 5.78 Å². The molecule has 1 heterocycles. The fraction of sp³-hybridized carbons (Fsp3) is 0.364. The first-order valence-corrected chi connectivity index (χ1v) is 4.73. The number of rotatable bonds is 3. The molecule has 0 saturated carbocycles. The van der Waals surface area contributed by atoms with Gasteiger partial charge in [0.2, 0.25) is 0 Å². The molecule has 0 bridgehead atoms. The van der Waals surface area contributed by atoms with Crippen LogP contribution in [-0.4, -0.2) is 17.1 Å². The van der Waals surface area contributed by atoms with Crippen LogP contribution in [0.15, 0.2) is 18.2 Å². The molecule has 0 unspecified atom stereocenters. The van der Waals surface area contributed by atoms with Gasteiger partial charge in [0.05, 0.1) is 0 Å². The van der Waals surface area contributed by atoms with Crippen LogP contribution in [0.3, 0.4) is 0 Å². The molecule has 0 N–H and O–H groups in total. The monoisotopic (exact) mass is 193 g/mol. The number of hydrogen-bond donors (Lipinski definition) is 0. The van der Waals surface area contributed by atoms with Crippen molar-refractivity contribution >= 4 is 12.1 Å². The van der Waals surface area contributed by atoms with Crippen molar-refractivity contribution in [2.75, 3.05) is 0 Å². The first kappa shape index (κ1) is 12.5. The Morgan fingerprint density at radius 2 is 2.07 bits per heavy atom. The summed E-state index contributed by atoms with van der Waals surface area (Å²) in [6.07, 6.45) is 1.04. The largest absolute Gasteiger partial charge is 0.296 e. The molecule has 14 heavy (non-hydrogen) atoms. The van der Waals surface area contributed by atoms with Gasteiger partial charge in [-0.25, -0.2) is 4.98 Å². The third kappa shape index (κ3) is 3.47. The summed E-state index contributed by atoms with van der Waals surface area (Å²) >= 11 is 0. The van der Waals surface area contributed by atoms with Crippen molar-refractivity contribution in [3.8, 4) is 0 Å². The van der Waals surface area contributed by atoms with Crippen molar-refractivity contribution in [1.29, 1.82) is 0 Å². The quantitative estimate of drug-likeness (QED) is 0.547. The predicted molar refractivity (Wildman–Crippen MR) is 55.6 cm³/mol. The van der Waals surface area contributed by atoms with Crippen LogP contribution in [0.5, 0.6) is 0 Å². The van der Waals surface area contributed by atoms with Gasteiger partial charge < -0.3 is 0 Å². The minimum absolute atomic E-state index is 0.0429. The summed E-state index contributed by atoms with van der Waals surface area (Å²) in [4.78, 5) is 25.2. The van der Waals surface area contributed by atoms with Crippen molar-refractivity contribution < 1.29 is 9.59 Å². The topological polar surface area (TPSA) is 47.0 Å². The molecule has 1 rings (SSSR count). The molecule has 0 spiro atoms. The molecular formula is C11H15NO2. The van der Waals surface area contributed by atoms with E-state index in [1.165, 1.54) is 0 Å². The summed E-state index contributed by atoms with van der Waals surface area (Å²) in [6, 6.07) is 4.83. The van der Waals surface area contributed by atoms with Crippen molar-refractivity contribution in [3.63, 3.8) is 0 Å². The van der Waals surface area contributed by atoms with E-state index in [1.807, 2.05) is 13.8 Å². The first-order valence-electron chi connectivity index (χ1n) is 4.73. The van der Waals surface area contributed by atoms with Crippen LogP contribution in [0.25, 0.3) is 0 Å². The van der Waals surface area contributed by atoms with E-state index in [0.717, 1.165) is 0 Å². The van der Waals surface area contributed by atoms with Gasteiger partial charge in [-0.15, -0.1) is 0 Å². The molecule has 1 aromatic rings. The predicted octanol–water partition coefficient (Wildman–Crippen LogP) is 2.51. The summed E-state index contributed by atoms with van der Waals surface area (Å²) in [5, 5.41) is 0. The molecule has 3 heteroatoms. The Kier molecular flexibility index (Phi) is 6.20. The van der Waals surface area contributed by atoms with E-state index in [1.54, 1.807) is 25.1 Å². The van der Waals surface area contributed by atoms with Gasteiger partial charge in [0.15, 0.2) is 12.1 Å². The second-order valence-electron chi connectivity index (χ2n) is 2.34. The molecule has 0 atom stereocenters. The first-order chi connectivity index (χ1) is 6.77. The lowest BCUT2D eigenvalue weighted by Gasteiger charge is -1.96. The van der Waals surface area contributed by atoms with Crippen molar-refractivity contribution in [2.24, 2.45) is 0 Å². The van der Waals surface area contributed by atoms with Gasteiger partial charge in [-0.2, -0.15) is 0 Å². The molecule has 0 saturated heterocycles. The highest BCUT2D eigenvalue weighted by Gasteiger charge is 2.03. The zero-order valence-corrected chi connectivity index (χ0v) is 8.78. The summed E-state index contributed by atoms with van der Waals surface area (Å²) < 4.78 is 0. The molecule has 76 valence electrons. The number of carbonyl (C=O) groups excluding carboxylic acids is 2. The Hall–Kier alpha value is -1.51. The molecule has 0 aliphatic carbocycles. The number of hydrogen-bond acceptors (Lipinski definition) is 3. The molecule has 0 aliphatic rings. The van der Waals surface area contributed by atoms with Gasteiger partial charge in [-0.05, 0) is 12.1 Å². The fourth-order valence-corrected chi connectivity index (χ4v) is 0.854. The summed E-state index contributed by atoms with van der Waals surface area (Å²) in [5.41, 5.74) is 0.663. The second-order valence-corrected chi connectivity index (χ2v) is 2.34. The molecular weight excluding hydrogens is 178 g/mol. The lowest BCUT2D eigenvalue weighted by atomic mass is 10.2. The second kappa shape index (κ2) is 6.95. The maximum absolute atomic E-state index is 11.1. The van der Waals surface area contributed by atoms with Crippen LogP contribution in [0.1, 0.15) is 48.2 Å². The van der Waals surface area contributed by atoms with E-state index < -0.39 is 0 Å². The molecule has 0 amide bonds. The fourth-order valence-electron chi connectivity index (χ4n) is 0.854. The normalized spacial score (nSPS) is 8.50. The van der Waals surface area contributed by atoms with E-state index in [4.69, 9.17) is 0 Å². The number of ketones is 1. The summed E-state index contributed by atoms with van der Waals surface area (Å²) in [5.74, 6) is -0.0429. The van der Waals surface area contributed by atoms with Gasteiger partial charge in [-0.1, -0.05) is 26.8 Å². The van der Waals surface area contributed by atoms with Crippen molar-refractivity contribution in [3.05, 3.63) is 29.6 Å². The van der Waals surface area contributed by atoms with E-state index >= 15 is 0 Å². The van der Waals surface area contributed by atoms with Gasteiger partial charge in [-0.3, -0.25) is 9.59 Å². The summed E-state index contributed by atoms with van der Waals surface area (Å²) in [6.45, 7) is 5.76. The molecule has 0 radical (unpaired) electrons. The number of pyridine rings is 1. The van der Waals surface area contributed by atoms with Crippen LogP contribution in [0, 0.1) is 0 Å². The lowest BCUT2D eigenvalue weighted by Crippen LogP contribution is -2.01. The highest BCUT2D eigenvalue weighted by Crippen LogP contribution is 2.00. The Morgan fingerprint density at radius 1 is 1.43 bits per heavy atom. The highest BCUT2D eigenvalue weighted by molar-refractivity contribution is 5.94. The Bertz CT molecular complexity index is 308. The Morgan fingerprint density at radius 3 is 2.57 bits per heavy atom. The van der Waals surface area contributed by atoms with E-state index in [2.05, 4.69) is 4.98 Å². The van der Waals surface area contributed by atoms with Crippen LogP contribution >= 0.6 is 0 Å². The highest BCUT2D eigenvalue weighted by atomic mass is 16.1. The molecule has 3 nitrogen and oxygen atoms in total. The molecule has 0 fully saturated rings. The third-order valence-corrected chi connectivity index (χ3v) is 1.50. The maximum atomic E-state index is 11.1. The van der Waals surface area contributed by atoms with Crippen molar-refractivity contribution in [1.82, 2.24) is 4.98 Å². The van der Waals surface area contributed by atoms with Crippen molar-refractivity contribution in [2.45, 2.75) is 27.2 Å². The third-order valence-electron chi connectivity index (χ3n) is 1.50. The Labute approximate surface area is 84.2 Å². The van der Waals surface area contributed by atoms with Gasteiger partial charge >= 0.3 is 0 Å². The maximum Gasteiger partial charge on any atom is 0.180 e. The number of carbonyl (C=O) groups is 2. The van der Waals surface area contributed by atoms with E-state index in [9.17, 15) is 9.59 Å². The van der Waals surface area contributed by atoms with Gasteiger partial charge in [0.25, 0.3) is 0 Å². The van der Waals surface area contributed by atoms with Gasteiger partial charge in [0.1, 0.15) is 11.4 Å². The number of Topliss-reactive ketones (excluding diaryl/α,β-unsaturated/α-hetero) is 1.